The van der Waals surface area contributed by atoms with Crippen LogP contribution in [0.3, 0.4) is 0 Å². The van der Waals surface area contributed by atoms with Gasteiger partial charge < -0.3 is 5.11 Å². The topological polar surface area (TPSA) is 23.5 Å². The van der Waals surface area contributed by atoms with E-state index in [1.807, 2.05) is 0 Å². The Morgan fingerprint density at radius 3 is 2.32 bits per heavy atom. The standard InChI is InChI=1S/C17H33NO/c1-5-16(19)18-11-10-15(17(3,4)12-18)14-8-6-13(2)7-9-14/h13-16,19H,5-12H2,1-4H3/t13?,14?,15-,16?/m1/s1. The highest BCUT2D eigenvalue weighted by atomic mass is 16.3. The fourth-order valence-corrected chi connectivity index (χ4v) is 4.49. The highest BCUT2D eigenvalue weighted by Gasteiger charge is 2.41. The van der Waals surface area contributed by atoms with E-state index in [9.17, 15) is 5.11 Å². The Balaban J connectivity index is 1.96. The Morgan fingerprint density at radius 2 is 1.79 bits per heavy atom. The molecule has 0 spiro atoms. The monoisotopic (exact) mass is 267 g/mol. The average molecular weight is 267 g/mol. The first-order valence-corrected chi connectivity index (χ1v) is 8.36. The zero-order valence-corrected chi connectivity index (χ0v) is 13.4. The highest BCUT2D eigenvalue weighted by Crippen LogP contribution is 2.46. The van der Waals surface area contributed by atoms with Crippen LogP contribution in [0.4, 0.5) is 0 Å². The number of hydrogen-bond acceptors (Lipinski definition) is 2. The molecule has 0 bridgehead atoms. The number of likely N-dealkylation sites (tertiary alicyclic amines) is 1. The van der Waals surface area contributed by atoms with Crippen LogP contribution in [0.25, 0.3) is 0 Å². The van der Waals surface area contributed by atoms with E-state index in [4.69, 9.17) is 0 Å². The second kappa shape index (κ2) is 6.13. The first kappa shape index (κ1) is 15.3. The van der Waals surface area contributed by atoms with Crippen molar-refractivity contribution in [1.82, 2.24) is 4.90 Å². The summed E-state index contributed by atoms with van der Waals surface area (Å²) in [6.07, 6.45) is 7.63. The van der Waals surface area contributed by atoms with Crippen LogP contribution in [0.2, 0.25) is 0 Å². The van der Waals surface area contributed by atoms with E-state index in [2.05, 4.69) is 32.6 Å². The van der Waals surface area contributed by atoms with Gasteiger partial charge in [-0.15, -0.1) is 0 Å². The maximum Gasteiger partial charge on any atom is 0.107 e. The summed E-state index contributed by atoms with van der Waals surface area (Å²) in [5.74, 6) is 2.74. The van der Waals surface area contributed by atoms with Crippen molar-refractivity contribution in [3.8, 4) is 0 Å². The van der Waals surface area contributed by atoms with Crippen LogP contribution < -0.4 is 0 Å². The first-order valence-electron chi connectivity index (χ1n) is 8.36. The Morgan fingerprint density at radius 1 is 1.16 bits per heavy atom. The molecule has 1 aliphatic carbocycles. The molecule has 1 heterocycles. The van der Waals surface area contributed by atoms with E-state index in [-0.39, 0.29) is 6.23 Å². The first-order chi connectivity index (χ1) is 8.94. The van der Waals surface area contributed by atoms with E-state index in [0.717, 1.165) is 37.3 Å². The second-order valence-corrected chi connectivity index (χ2v) is 7.76. The lowest BCUT2D eigenvalue weighted by Crippen LogP contribution is -2.51. The van der Waals surface area contributed by atoms with Crippen LogP contribution in [0, 0.1) is 23.2 Å². The normalized spacial score (nSPS) is 38.1. The van der Waals surface area contributed by atoms with E-state index in [0.29, 0.717) is 5.41 Å². The molecule has 0 aromatic rings. The molecule has 0 amide bonds. The molecule has 2 atom stereocenters. The predicted octanol–water partition coefficient (Wildman–Crippen LogP) is 3.89. The molecule has 1 unspecified atom stereocenters. The van der Waals surface area contributed by atoms with Crippen LogP contribution >= 0.6 is 0 Å². The summed E-state index contributed by atoms with van der Waals surface area (Å²) in [7, 11) is 0. The van der Waals surface area contributed by atoms with Gasteiger partial charge in [-0.25, -0.2) is 0 Å². The van der Waals surface area contributed by atoms with Crippen LogP contribution in [-0.2, 0) is 0 Å². The summed E-state index contributed by atoms with van der Waals surface area (Å²) in [5, 5.41) is 10.1. The largest absolute Gasteiger partial charge is 0.378 e. The van der Waals surface area contributed by atoms with Gasteiger partial charge in [-0.05, 0) is 48.9 Å². The minimum Gasteiger partial charge on any atom is -0.378 e. The smallest absolute Gasteiger partial charge is 0.107 e. The Kier molecular flexibility index (Phi) is 4.94. The van der Waals surface area contributed by atoms with Crippen LogP contribution in [0.15, 0.2) is 0 Å². The lowest BCUT2D eigenvalue weighted by molar-refractivity contribution is -0.0757. The van der Waals surface area contributed by atoms with Gasteiger partial charge in [0.2, 0.25) is 0 Å². The molecule has 1 N–H and O–H groups in total. The van der Waals surface area contributed by atoms with E-state index >= 15 is 0 Å². The van der Waals surface area contributed by atoms with Crippen LogP contribution in [0.1, 0.15) is 66.2 Å². The molecule has 0 aromatic carbocycles. The molecule has 19 heavy (non-hydrogen) atoms. The summed E-state index contributed by atoms with van der Waals surface area (Å²) in [5.41, 5.74) is 0.361. The third-order valence-corrected chi connectivity index (χ3v) is 5.76. The molecule has 0 radical (unpaired) electrons. The average Bonchev–Trinajstić information content (AvgIpc) is 2.38. The van der Waals surface area contributed by atoms with Gasteiger partial charge in [0.05, 0.1) is 0 Å². The highest BCUT2D eigenvalue weighted by molar-refractivity contribution is 4.92. The molecule has 2 rings (SSSR count). The molecule has 2 heteroatoms. The van der Waals surface area contributed by atoms with Crippen molar-refractivity contribution in [2.45, 2.75) is 72.4 Å². The summed E-state index contributed by atoms with van der Waals surface area (Å²) >= 11 is 0. The van der Waals surface area contributed by atoms with Crippen molar-refractivity contribution >= 4 is 0 Å². The fourth-order valence-electron chi connectivity index (χ4n) is 4.49. The van der Waals surface area contributed by atoms with E-state index < -0.39 is 0 Å². The van der Waals surface area contributed by atoms with Gasteiger partial charge in [-0.2, -0.15) is 0 Å². The van der Waals surface area contributed by atoms with Gasteiger partial charge in [0, 0.05) is 13.1 Å². The van der Waals surface area contributed by atoms with E-state index in [1.165, 1.54) is 32.1 Å². The third kappa shape index (κ3) is 3.52. The fraction of sp³-hybridized carbons (Fsp3) is 1.00. The predicted molar refractivity (Wildman–Crippen MR) is 80.9 cm³/mol. The molecular weight excluding hydrogens is 234 g/mol. The van der Waals surface area contributed by atoms with Gasteiger partial charge in [0.25, 0.3) is 0 Å². The lowest BCUT2D eigenvalue weighted by Gasteiger charge is -2.50. The maximum absolute atomic E-state index is 10.1. The van der Waals surface area contributed by atoms with Crippen molar-refractivity contribution in [2.75, 3.05) is 13.1 Å². The van der Waals surface area contributed by atoms with Gasteiger partial charge in [-0.3, -0.25) is 4.90 Å². The number of hydrogen-bond donors (Lipinski definition) is 1. The van der Waals surface area contributed by atoms with Crippen molar-refractivity contribution in [1.29, 1.82) is 0 Å². The molecule has 2 aliphatic rings. The molecule has 1 saturated heterocycles. The van der Waals surface area contributed by atoms with Gasteiger partial charge in [-0.1, -0.05) is 40.5 Å². The summed E-state index contributed by atoms with van der Waals surface area (Å²) in [6.45, 7) is 11.5. The Bertz CT molecular complexity index is 281. The van der Waals surface area contributed by atoms with Crippen molar-refractivity contribution in [3.05, 3.63) is 0 Å². The van der Waals surface area contributed by atoms with Gasteiger partial charge >= 0.3 is 0 Å². The van der Waals surface area contributed by atoms with Gasteiger partial charge in [0.15, 0.2) is 0 Å². The zero-order valence-electron chi connectivity index (χ0n) is 13.4. The Labute approximate surface area is 119 Å². The van der Waals surface area contributed by atoms with Crippen LogP contribution in [-0.4, -0.2) is 29.3 Å². The minimum atomic E-state index is -0.230. The minimum absolute atomic E-state index is 0.230. The molecule has 2 nitrogen and oxygen atoms in total. The zero-order chi connectivity index (χ0) is 14.0. The van der Waals surface area contributed by atoms with E-state index in [1.54, 1.807) is 0 Å². The SMILES string of the molecule is CCC(O)N1CC[C@H](C2CCC(C)CC2)C(C)(C)C1. The van der Waals surface area contributed by atoms with Crippen molar-refractivity contribution in [2.24, 2.45) is 23.2 Å². The second-order valence-electron chi connectivity index (χ2n) is 7.76. The van der Waals surface area contributed by atoms with Crippen LogP contribution in [0.5, 0.6) is 0 Å². The number of nitrogens with zero attached hydrogens (tertiary/aromatic N) is 1. The quantitative estimate of drug-likeness (QED) is 0.838. The van der Waals surface area contributed by atoms with Crippen molar-refractivity contribution in [3.63, 3.8) is 0 Å². The molecular formula is C17H33NO. The number of aliphatic hydroxyl groups is 1. The molecule has 2 fully saturated rings. The maximum atomic E-state index is 10.1. The number of piperidine rings is 1. The van der Waals surface area contributed by atoms with Crippen molar-refractivity contribution < 1.29 is 5.11 Å². The molecule has 0 aromatic heterocycles. The molecule has 1 saturated carbocycles. The third-order valence-electron chi connectivity index (χ3n) is 5.76. The Hall–Kier alpha value is -0.0800. The lowest BCUT2D eigenvalue weighted by atomic mass is 9.63. The summed E-state index contributed by atoms with van der Waals surface area (Å²) in [6, 6.07) is 0. The summed E-state index contributed by atoms with van der Waals surface area (Å²) in [4.78, 5) is 2.29. The summed E-state index contributed by atoms with van der Waals surface area (Å²) < 4.78 is 0. The number of rotatable bonds is 3. The molecule has 1 aliphatic heterocycles. The molecule has 112 valence electrons. The number of aliphatic hydroxyl groups excluding tert-OH is 1. The van der Waals surface area contributed by atoms with Gasteiger partial charge in [0.1, 0.15) is 6.23 Å².